The summed E-state index contributed by atoms with van der Waals surface area (Å²) in [5.74, 6) is 2.77. The van der Waals surface area contributed by atoms with Crippen LogP contribution in [0.2, 0.25) is 0 Å². The number of aryl methyl sites for hydroxylation is 1. The number of anilines is 1. The van der Waals surface area contributed by atoms with Gasteiger partial charge in [-0.15, -0.1) is 0 Å². The van der Waals surface area contributed by atoms with Crippen LogP contribution >= 0.6 is 0 Å². The highest BCUT2D eigenvalue weighted by molar-refractivity contribution is 5.91. The van der Waals surface area contributed by atoms with Crippen LogP contribution in [0.25, 0.3) is 11.4 Å². The third-order valence-electron chi connectivity index (χ3n) is 4.04. The first kappa shape index (κ1) is 16.9. The first-order valence-electron chi connectivity index (χ1n) is 8.38. The number of hydrogen-bond acceptors (Lipinski definition) is 7. The molecule has 1 amide bonds. The maximum Gasteiger partial charge on any atom is 0.231 e. The van der Waals surface area contributed by atoms with Gasteiger partial charge in [0.1, 0.15) is 5.75 Å². The van der Waals surface area contributed by atoms with E-state index in [1.807, 2.05) is 24.3 Å². The number of fused-ring (bicyclic) bond motifs is 1. The third-order valence-corrected chi connectivity index (χ3v) is 4.04. The van der Waals surface area contributed by atoms with E-state index in [-0.39, 0.29) is 19.1 Å². The van der Waals surface area contributed by atoms with Crippen molar-refractivity contribution in [2.75, 3.05) is 19.2 Å². The molecule has 1 aromatic heterocycles. The highest BCUT2D eigenvalue weighted by Gasteiger charge is 2.15. The van der Waals surface area contributed by atoms with Gasteiger partial charge in [-0.2, -0.15) is 4.98 Å². The molecule has 2 heterocycles. The van der Waals surface area contributed by atoms with E-state index in [9.17, 15) is 4.79 Å². The fourth-order valence-corrected chi connectivity index (χ4v) is 2.63. The Morgan fingerprint density at radius 2 is 1.96 bits per heavy atom. The van der Waals surface area contributed by atoms with Crippen molar-refractivity contribution in [1.82, 2.24) is 10.1 Å². The summed E-state index contributed by atoms with van der Waals surface area (Å²) in [6.07, 6.45) is 0.568. The summed E-state index contributed by atoms with van der Waals surface area (Å²) in [5, 5.41) is 6.77. The molecule has 0 radical (unpaired) electrons. The molecule has 2 aromatic carbocycles. The first-order valence-corrected chi connectivity index (χ1v) is 8.38. The fraction of sp³-hybridized carbons (Fsp3) is 0.211. The molecule has 0 unspecified atom stereocenters. The molecule has 0 bridgehead atoms. The predicted molar refractivity (Wildman–Crippen MR) is 95.8 cm³/mol. The van der Waals surface area contributed by atoms with Gasteiger partial charge >= 0.3 is 0 Å². The molecule has 27 heavy (non-hydrogen) atoms. The molecule has 0 saturated heterocycles. The zero-order chi connectivity index (χ0) is 18.6. The third kappa shape index (κ3) is 3.84. The van der Waals surface area contributed by atoms with Crippen LogP contribution in [0.5, 0.6) is 17.2 Å². The van der Waals surface area contributed by atoms with Crippen molar-refractivity contribution in [2.45, 2.75) is 12.8 Å². The lowest BCUT2D eigenvalue weighted by Crippen LogP contribution is -2.12. The average molecular weight is 367 g/mol. The Bertz CT molecular complexity index is 952. The van der Waals surface area contributed by atoms with Gasteiger partial charge in [-0.25, -0.2) is 0 Å². The summed E-state index contributed by atoms with van der Waals surface area (Å²) >= 11 is 0. The van der Waals surface area contributed by atoms with Crippen LogP contribution < -0.4 is 19.5 Å². The average Bonchev–Trinajstić information content (AvgIpc) is 3.35. The fourth-order valence-electron chi connectivity index (χ4n) is 2.63. The Labute approximate surface area is 155 Å². The summed E-state index contributed by atoms with van der Waals surface area (Å²) in [7, 11) is 1.61. The quantitative estimate of drug-likeness (QED) is 0.715. The molecule has 8 nitrogen and oxygen atoms in total. The van der Waals surface area contributed by atoms with Gasteiger partial charge < -0.3 is 24.1 Å². The Morgan fingerprint density at radius 1 is 1.15 bits per heavy atom. The number of rotatable bonds is 6. The van der Waals surface area contributed by atoms with Crippen LogP contribution in [0, 0.1) is 0 Å². The van der Waals surface area contributed by atoms with Crippen molar-refractivity contribution in [1.29, 1.82) is 0 Å². The summed E-state index contributed by atoms with van der Waals surface area (Å²) in [6.45, 7) is 0.195. The van der Waals surface area contributed by atoms with Crippen LogP contribution in [0.1, 0.15) is 12.3 Å². The Balaban J connectivity index is 1.33. The van der Waals surface area contributed by atoms with E-state index in [0.717, 1.165) is 11.3 Å². The van der Waals surface area contributed by atoms with Crippen molar-refractivity contribution < 1.29 is 23.5 Å². The molecule has 4 rings (SSSR count). The van der Waals surface area contributed by atoms with E-state index >= 15 is 0 Å². The molecule has 0 atom stereocenters. The van der Waals surface area contributed by atoms with Gasteiger partial charge in [-0.05, 0) is 36.4 Å². The zero-order valence-electron chi connectivity index (χ0n) is 14.6. The number of aromatic nitrogens is 2. The molecule has 0 saturated carbocycles. The lowest BCUT2D eigenvalue weighted by molar-refractivity contribution is -0.116. The largest absolute Gasteiger partial charge is 0.497 e. The summed E-state index contributed by atoms with van der Waals surface area (Å²) in [4.78, 5) is 16.5. The summed E-state index contributed by atoms with van der Waals surface area (Å²) in [6, 6.07) is 12.6. The Hall–Kier alpha value is -3.55. The minimum Gasteiger partial charge on any atom is -0.497 e. The second-order valence-electron chi connectivity index (χ2n) is 5.86. The second kappa shape index (κ2) is 7.36. The molecule has 0 fully saturated rings. The number of ether oxygens (including phenoxy) is 3. The Kier molecular flexibility index (Phi) is 4.61. The molecular weight excluding hydrogens is 350 g/mol. The van der Waals surface area contributed by atoms with Crippen molar-refractivity contribution in [3.8, 4) is 28.6 Å². The number of carbonyl (C=O) groups is 1. The highest BCUT2D eigenvalue weighted by Crippen LogP contribution is 2.34. The van der Waals surface area contributed by atoms with E-state index in [1.54, 1.807) is 25.3 Å². The summed E-state index contributed by atoms with van der Waals surface area (Å²) in [5.41, 5.74) is 1.46. The van der Waals surface area contributed by atoms with E-state index in [0.29, 0.717) is 35.3 Å². The molecule has 1 aliphatic heterocycles. The van der Waals surface area contributed by atoms with E-state index < -0.39 is 0 Å². The van der Waals surface area contributed by atoms with Gasteiger partial charge in [0.05, 0.1) is 7.11 Å². The van der Waals surface area contributed by atoms with Crippen LogP contribution in [0.15, 0.2) is 47.0 Å². The molecular formula is C19H17N3O5. The second-order valence-corrected chi connectivity index (χ2v) is 5.86. The smallest absolute Gasteiger partial charge is 0.231 e. The number of nitrogens with zero attached hydrogens (tertiary/aromatic N) is 2. The van der Waals surface area contributed by atoms with Crippen LogP contribution in [-0.2, 0) is 11.2 Å². The van der Waals surface area contributed by atoms with Gasteiger partial charge in [-0.1, -0.05) is 5.16 Å². The maximum absolute atomic E-state index is 12.1. The van der Waals surface area contributed by atoms with Gasteiger partial charge in [0, 0.05) is 30.2 Å². The number of methoxy groups -OCH3 is 1. The first-order chi connectivity index (χ1) is 13.2. The van der Waals surface area contributed by atoms with E-state index in [2.05, 4.69) is 15.5 Å². The SMILES string of the molecule is COc1ccc(-c2noc(CCC(=O)Nc3ccc4c(c3)OCO4)n2)cc1. The molecule has 0 spiro atoms. The van der Waals surface area contributed by atoms with Gasteiger partial charge in [0.15, 0.2) is 11.5 Å². The molecule has 3 aromatic rings. The van der Waals surface area contributed by atoms with Crippen molar-refractivity contribution in [2.24, 2.45) is 0 Å². The standard InChI is InChI=1S/C19H17N3O5/c1-24-14-5-2-12(3-6-14)19-21-18(27-22-19)9-8-17(23)20-13-4-7-15-16(10-13)26-11-25-15/h2-7,10H,8-9,11H2,1H3,(H,20,23). The number of benzene rings is 2. The minimum absolute atomic E-state index is 0.155. The normalized spacial score (nSPS) is 12.0. The van der Waals surface area contributed by atoms with Crippen molar-refractivity contribution in [3.05, 3.63) is 48.4 Å². The van der Waals surface area contributed by atoms with Crippen molar-refractivity contribution in [3.63, 3.8) is 0 Å². The number of carbonyl (C=O) groups excluding carboxylic acids is 1. The number of nitrogens with one attached hydrogen (secondary N) is 1. The molecule has 0 aliphatic carbocycles. The molecule has 1 N–H and O–H groups in total. The van der Waals surface area contributed by atoms with Crippen molar-refractivity contribution >= 4 is 11.6 Å². The lowest BCUT2D eigenvalue weighted by Gasteiger charge is -2.05. The van der Waals surface area contributed by atoms with Gasteiger partial charge in [-0.3, -0.25) is 4.79 Å². The highest BCUT2D eigenvalue weighted by atomic mass is 16.7. The lowest BCUT2D eigenvalue weighted by atomic mass is 10.2. The predicted octanol–water partition coefficient (Wildman–Crippen LogP) is 3.05. The monoisotopic (exact) mass is 367 g/mol. The topological polar surface area (TPSA) is 95.7 Å². The van der Waals surface area contributed by atoms with E-state index in [4.69, 9.17) is 18.7 Å². The van der Waals surface area contributed by atoms with Gasteiger partial charge in [0.2, 0.25) is 24.4 Å². The molecule has 138 valence electrons. The van der Waals surface area contributed by atoms with Crippen LogP contribution in [-0.4, -0.2) is 30.0 Å². The summed E-state index contributed by atoms with van der Waals surface area (Å²) < 4.78 is 20.9. The van der Waals surface area contributed by atoms with E-state index in [1.165, 1.54) is 0 Å². The number of amides is 1. The Morgan fingerprint density at radius 3 is 2.78 bits per heavy atom. The molecule has 8 heteroatoms. The van der Waals surface area contributed by atoms with Crippen LogP contribution in [0.3, 0.4) is 0 Å². The minimum atomic E-state index is -0.155. The van der Waals surface area contributed by atoms with Gasteiger partial charge in [0.25, 0.3) is 0 Å². The number of hydrogen-bond donors (Lipinski definition) is 1. The van der Waals surface area contributed by atoms with Crippen LogP contribution in [0.4, 0.5) is 5.69 Å². The zero-order valence-corrected chi connectivity index (χ0v) is 14.6. The maximum atomic E-state index is 12.1. The molecule has 1 aliphatic rings.